The second-order valence-electron chi connectivity index (χ2n) is 6.04. The second-order valence-corrected chi connectivity index (χ2v) is 6.04. The van der Waals surface area contributed by atoms with E-state index in [0.717, 1.165) is 0 Å². The number of terminal acetylenes is 1. The molecule has 0 spiro atoms. The first-order chi connectivity index (χ1) is 8.86. The van der Waals surface area contributed by atoms with Crippen molar-refractivity contribution >= 4 is 11.9 Å². The standard InChI is InChI=1S/C15H20O4/c1-5-6-10(3)18-14(17)12-9(2)7-15(4)8-11(12)13(16)19-15/h1,9-12H,6-8H2,2-4H3/t9-,10+,11-,12+,15-/m1/s1. The molecule has 1 aliphatic carbocycles. The van der Waals surface area contributed by atoms with Crippen molar-refractivity contribution < 1.29 is 19.1 Å². The lowest BCUT2D eigenvalue weighted by atomic mass is 9.69. The average Bonchev–Trinajstić information content (AvgIpc) is 2.49. The van der Waals surface area contributed by atoms with Gasteiger partial charge >= 0.3 is 11.9 Å². The molecule has 0 aromatic heterocycles. The van der Waals surface area contributed by atoms with E-state index in [2.05, 4.69) is 5.92 Å². The van der Waals surface area contributed by atoms with Gasteiger partial charge in [0.2, 0.25) is 0 Å². The molecule has 0 amide bonds. The molecule has 1 aliphatic heterocycles. The predicted molar refractivity (Wildman–Crippen MR) is 68.9 cm³/mol. The van der Waals surface area contributed by atoms with Crippen LogP contribution in [0.1, 0.15) is 40.0 Å². The highest BCUT2D eigenvalue weighted by Gasteiger charge is 2.56. The van der Waals surface area contributed by atoms with Crippen molar-refractivity contribution in [3.8, 4) is 12.3 Å². The van der Waals surface area contributed by atoms with Crippen LogP contribution in [0.4, 0.5) is 0 Å². The molecule has 19 heavy (non-hydrogen) atoms. The van der Waals surface area contributed by atoms with Crippen LogP contribution >= 0.6 is 0 Å². The van der Waals surface area contributed by atoms with Gasteiger partial charge in [-0.05, 0) is 26.2 Å². The van der Waals surface area contributed by atoms with Crippen LogP contribution in [0, 0.1) is 30.1 Å². The van der Waals surface area contributed by atoms with Crippen molar-refractivity contribution in [1.29, 1.82) is 0 Å². The first kappa shape index (κ1) is 13.9. The highest BCUT2D eigenvalue weighted by atomic mass is 16.6. The SMILES string of the molecule is C#CC[C@H](C)OC(=O)[C@H]1[C@H](C)C[C@]2(C)C[C@H]1C(=O)O2. The Balaban J connectivity index is 2.09. The fraction of sp³-hybridized carbons (Fsp3) is 0.733. The maximum atomic E-state index is 12.2. The number of carbonyl (C=O) groups excluding carboxylic acids is 2. The van der Waals surface area contributed by atoms with Crippen molar-refractivity contribution in [2.45, 2.75) is 51.7 Å². The first-order valence-electron chi connectivity index (χ1n) is 6.73. The number of hydrogen-bond donors (Lipinski definition) is 0. The minimum absolute atomic E-state index is 0.0840. The topological polar surface area (TPSA) is 52.6 Å². The minimum Gasteiger partial charge on any atom is -0.461 e. The molecular weight excluding hydrogens is 244 g/mol. The Bertz CT molecular complexity index is 436. The molecule has 2 fully saturated rings. The maximum Gasteiger partial charge on any atom is 0.310 e. The lowest BCUT2D eigenvalue weighted by Gasteiger charge is -2.35. The van der Waals surface area contributed by atoms with Gasteiger partial charge in [0.05, 0.1) is 11.8 Å². The molecule has 0 aromatic rings. The fourth-order valence-corrected chi connectivity index (χ4v) is 3.39. The largest absolute Gasteiger partial charge is 0.461 e. The van der Waals surface area contributed by atoms with Gasteiger partial charge in [-0.2, -0.15) is 0 Å². The van der Waals surface area contributed by atoms with Crippen LogP contribution in [0.15, 0.2) is 0 Å². The van der Waals surface area contributed by atoms with Crippen LogP contribution in [0.2, 0.25) is 0 Å². The second kappa shape index (κ2) is 4.88. The van der Waals surface area contributed by atoms with Gasteiger partial charge in [0.15, 0.2) is 0 Å². The highest BCUT2D eigenvalue weighted by Crippen LogP contribution is 2.48. The Morgan fingerprint density at radius 1 is 1.63 bits per heavy atom. The summed E-state index contributed by atoms with van der Waals surface area (Å²) < 4.78 is 10.7. The van der Waals surface area contributed by atoms with Gasteiger partial charge in [-0.3, -0.25) is 9.59 Å². The summed E-state index contributed by atoms with van der Waals surface area (Å²) in [7, 11) is 0. The third-order valence-electron chi connectivity index (χ3n) is 4.10. The third kappa shape index (κ3) is 2.60. The van der Waals surface area contributed by atoms with Gasteiger partial charge in [-0.15, -0.1) is 12.3 Å². The summed E-state index contributed by atoms with van der Waals surface area (Å²) in [6, 6.07) is 0. The van der Waals surface area contributed by atoms with E-state index < -0.39 is 11.5 Å². The van der Waals surface area contributed by atoms with E-state index in [9.17, 15) is 9.59 Å². The van der Waals surface area contributed by atoms with E-state index in [1.807, 2.05) is 13.8 Å². The van der Waals surface area contributed by atoms with Gasteiger partial charge in [0.1, 0.15) is 11.7 Å². The highest BCUT2D eigenvalue weighted by molar-refractivity contribution is 5.84. The van der Waals surface area contributed by atoms with E-state index in [-0.39, 0.29) is 29.9 Å². The Morgan fingerprint density at radius 3 is 2.95 bits per heavy atom. The van der Waals surface area contributed by atoms with Crippen LogP contribution < -0.4 is 0 Å². The zero-order valence-electron chi connectivity index (χ0n) is 11.6. The van der Waals surface area contributed by atoms with Crippen LogP contribution in [0.3, 0.4) is 0 Å². The van der Waals surface area contributed by atoms with Crippen molar-refractivity contribution in [3.63, 3.8) is 0 Å². The van der Waals surface area contributed by atoms with E-state index in [1.165, 1.54) is 0 Å². The van der Waals surface area contributed by atoms with Gasteiger partial charge in [-0.25, -0.2) is 0 Å². The van der Waals surface area contributed by atoms with Gasteiger partial charge in [-0.1, -0.05) is 6.92 Å². The molecule has 5 atom stereocenters. The smallest absolute Gasteiger partial charge is 0.310 e. The van der Waals surface area contributed by atoms with Gasteiger partial charge in [0.25, 0.3) is 0 Å². The van der Waals surface area contributed by atoms with Crippen molar-refractivity contribution in [3.05, 3.63) is 0 Å². The molecule has 0 unspecified atom stereocenters. The number of carbonyl (C=O) groups is 2. The summed E-state index contributed by atoms with van der Waals surface area (Å²) in [5.41, 5.74) is -0.400. The van der Waals surface area contributed by atoms with Gasteiger partial charge < -0.3 is 9.47 Å². The summed E-state index contributed by atoms with van der Waals surface area (Å²) in [6.07, 6.45) is 6.59. The molecule has 1 heterocycles. The van der Waals surface area contributed by atoms with E-state index >= 15 is 0 Å². The van der Waals surface area contributed by atoms with Crippen LogP contribution in [0.25, 0.3) is 0 Å². The van der Waals surface area contributed by atoms with Crippen LogP contribution in [-0.4, -0.2) is 23.6 Å². The molecule has 0 radical (unpaired) electrons. The molecule has 1 saturated carbocycles. The third-order valence-corrected chi connectivity index (χ3v) is 4.10. The van der Waals surface area contributed by atoms with Crippen molar-refractivity contribution in [2.75, 3.05) is 0 Å². The number of ether oxygens (including phenoxy) is 2. The molecule has 0 aromatic carbocycles. The summed E-state index contributed by atoms with van der Waals surface area (Å²) in [5, 5.41) is 0. The van der Waals surface area contributed by atoms with Gasteiger partial charge in [0, 0.05) is 12.8 Å². The Kier molecular flexibility index (Phi) is 3.58. The normalized spacial score (nSPS) is 38.2. The quantitative estimate of drug-likeness (QED) is 0.577. The molecule has 2 bridgehead atoms. The molecular formula is C15H20O4. The summed E-state index contributed by atoms with van der Waals surface area (Å²) in [4.78, 5) is 24.1. The molecule has 2 aliphatic rings. The molecule has 1 saturated heterocycles. The Hall–Kier alpha value is -1.50. The summed E-state index contributed by atoms with van der Waals surface area (Å²) in [5.74, 6) is 1.21. The molecule has 4 heteroatoms. The summed E-state index contributed by atoms with van der Waals surface area (Å²) in [6.45, 7) is 5.68. The molecule has 0 N–H and O–H groups in total. The van der Waals surface area contributed by atoms with Crippen molar-refractivity contribution in [1.82, 2.24) is 0 Å². The molecule has 104 valence electrons. The van der Waals surface area contributed by atoms with E-state index in [1.54, 1.807) is 6.92 Å². The zero-order chi connectivity index (χ0) is 14.2. The number of rotatable bonds is 3. The lowest BCUT2D eigenvalue weighted by molar-refractivity contribution is -0.160. The van der Waals surface area contributed by atoms with Crippen LogP contribution in [0.5, 0.6) is 0 Å². The number of hydrogen-bond acceptors (Lipinski definition) is 4. The predicted octanol–water partition coefficient (Wildman–Crippen LogP) is 1.92. The first-order valence-corrected chi connectivity index (χ1v) is 6.73. The van der Waals surface area contributed by atoms with Crippen molar-refractivity contribution in [2.24, 2.45) is 17.8 Å². The molecule has 4 nitrogen and oxygen atoms in total. The average molecular weight is 264 g/mol. The molecule has 2 rings (SSSR count). The lowest BCUT2D eigenvalue weighted by Crippen LogP contribution is -2.41. The fourth-order valence-electron chi connectivity index (χ4n) is 3.39. The minimum atomic E-state index is -0.400. The van der Waals surface area contributed by atoms with E-state index in [0.29, 0.717) is 19.3 Å². The van der Waals surface area contributed by atoms with Crippen LogP contribution in [-0.2, 0) is 19.1 Å². The Labute approximate surface area is 113 Å². The number of esters is 2. The zero-order valence-corrected chi connectivity index (χ0v) is 11.6. The Morgan fingerprint density at radius 2 is 2.32 bits per heavy atom. The monoisotopic (exact) mass is 264 g/mol. The van der Waals surface area contributed by atoms with E-state index in [4.69, 9.17) is 15.9 Å². The maximum absolute atomic E-state index is 12.2. The summed E-state index contributed by atoms with van der Waals surface area (Å²) >= 11 is 0. The number of fused-ring (bicyclic) bond motifs is 2.